The standard InChI is InChI=1S/C32H47N/c1-2-10-27-14-16-28(17-15-27)12-7-8-13-30-20-24-32(25-21-30)31-22-18-29(19-23-31)11-6-4-3-5-9-26-33/h3-5,9,14-17,29-32H,2,6-8,10-13,18-25H2,1H3/b4-3+,9-5+/t29?,30-,31?,32-. The van der Waals surface area contributed by atoms with Gasteiger partial charge in [0.2, 0.25) is 0 Å². The summed E-state index contributed by atoms with van der Waals surface area (Å²) in [7, 11) is 0. The summed E-state index contributed by atoms with van der Waals surface area (Å²) in [5, 5.41) is 8.51. The Morgan fingerprint density at radius 1 is 0.758 bits per heavy atom. The molecule has 0 radical (unpaired) electrons. The molecule has 0 aromatic heterocycles. The molecule has 0 heterocycles. The van der Waals surface area contributed by atoms with Gasteiger partial charge in [0, 0.05) is 6.08 Å². The molecular weight excluding hydrogens is 398 g/mol. The summed E-state index contributed by atoms with van der Waals surface area (Å²) < 4.78 is 0. The highest BCUT2D eigenvalue weighted by atomic mass is 14.4. The molecular formula is C32H47N. The lowest BCUT2D eigenvalue weighted by atomic mass is 9.68. The zero-order valence-corrected chi connectivity index (χ0v) is 21.2. The quantitative estimate of drug-likeness (QED) is 0.178. The molecule has 1 aromatic carbocycles. The highest BCUT2D eigenvalue weighted by Gasteiger charge is 2.30. The fourth-order valence-corrected chi connectivity index (χ4v) is 6.43. The minimum Gasteiger partial charge on any atom is -0.193 e. The van der Waals surface area contributed by atoms with Crippen molar-refractivity contribution in [3.05, 3.63) is 59.7 Å². The third-order valence-electron chi connectivity index (χ3n) is 8.50. The highest BCUT2D eigenvalue weighted by Crippen LogP contribution is 2.43. The first-order valence-corrected chi connectivity index (χ1v) is 14.1. The predicted molar refractivity (Wildman–Crippen MR) is 142 cm³/mol. The lowest BCUT2D eigenvalue weighted by molar-refractivity contribution is 0.140. The van der Waals surface area contributed by atoms with Crippen molar-refractivity contribution in [2.24, 2.45) is 23.7 Å². The Morgan fingerprint density at radius 2 is 1.33 bits per heavy atom. The minimum atomic E-state index is 0.935. The highest BCUT2D eigenvalue weighted by molar-refractivity contribution is 5.22. The van der Waals surface area contributed by atoms with Crippen LogP contribution in [0, 0.1) is 35.0 Å². The largest absolute Gasteiger partial charge is 0.193 e. The molecule has 0 saturated heterocycles. The maximum Gasteiger partial charge on any atom is 0.0912 e. The first-order valence-electron chi connectivity index (χ1n) is 14.1. The Labute approximate surface area is 204 Å². The fraction of sp³-hybridized carbons (Fsp3) is 0.656. The van der Waals surface area contributed by atoms with Crippen LogP contribution >= 0.6 is 0 Å². The molecule has 3 rings (SSSR count). The fourth-order valence-electron chi connectivity index (χ4n) is 6.43. The summed E-state index contributed by atoms with van der Waals surface area (Å²) in [6.45, 7) is 2.26. The maximum atomic E-state index is 8.51. The molecule has 0 aliphatic heterocycles. The van der Waals surface area contributed by atoms with Gasteiger partial charge in [0.05, 0.1) is 6.07 Å². The molecule has 180 valence electrons. The van der Waals surface area contributed by atoms with Gasteiger partial charge in [-0.05, 0) is 92.6 Å². The second kappa shape index (κ2) is 15.2. The molecule has 2 aliphatic rings. The molecule has 0 N–H and O–H groups in total. The summed E-state index contributed by atoms with van der Waals surface area (Å²) in [6.07, 6.45) is 30.0. The van der Waals surface area contributed by atoms with Gasteiger partial charge in [-0.1, -0.05) is 94.4 Å². The zero-order valence-electron chi connectivity index (χ0n) is 21.2. The summed E-state index contributed by atoms with van der Waals surface area (Å²) in [4.78, 5) is 0. The molecule has 2 aliphatic carbocycles. The van der Waals surface area contributed by atoms with Crippen LogP contribution < -0.4 is 0 Å². The number of unbranched alkanes of at least 4 members (excludes halogenated alkanes) is 1. The third kappa shape index (κ3) is 9.52. The normalized spacial score (nSPS) is 26.1. The number of nitrogens with zero attached hydrogens (tertiary/aromatic N) is 1. The van der Waals surface area contributed by atoms with Crippen LogP contribution in [-0.2, 0) is 12.8 Å². The van der Waals surface area contributed by atoms with Gasteiger partial charge in [-0.2, -0.15) is 5.26 Å². The minimum absolute atomic E-state index is 0.935. The molecule has 1 heteroatoms. The number of hydrogen-bond acceptors (Lipinski definition) is 1. The van der Waals surface area contributed by atoms with Crippen LogP contribution in [0.4, 0.5) is 0 Å². The monoisotopic (exact) mass is 445 g/mol. The predicted octanol–water partition coefficient (Wildman–Crippen LogP) is 9.38. The first kappa shape index (κ1) is 25.8. The van der Waals surface area contributed by atoms with Crippen LogP contribution in [0.25, 0.3) is 0 Å². The van der Waals surface area contributed by atoms with E-state index in [0.29, 0.717) is 0 Å². The SMILES string of the molecule is CCCc1ccc(CCCC[C@H]2CC[C@H](C3CCC(CC/C=C/C=C/C#N)CC3)CC2)cc1. The lowest BCUT2D eigenvalue weighted by Gasteiger charge is -2.38. The number of aryl methyl sites for hydroxylation is 2. The van der Waals surface area contributed by atoms with E-state index in [9.17, 15) is 0 Å². The van der Waals surface area contributed by atoms with Gasteiger partial charge in [0.15, 0.2) is 0 Å². The van der Waals surface area contributed by atoms with E-state index in [1.807, 2.05) is 18.2 Å². The molecule has 2 saturated carbocycles. The summed E-state index contributed by atoms with van der Waals surface area (Å²) in [6, 6.07) is 11.4. The van der Waals surface area contributed by atoms with Crippen molar-refractivity contribution in [1.29, 1.82) is 5.26 Å². The van der Waals surface area contributed by atoms with Crippen molar-refractivity contribution in [2.45, 2.75) is 110 Å². The Morgan fingerprint density at radius 3 is 1.91 bits per heavy atom. The number of allylic oxidation sites excluding steroid dienone is 4. The Kier molecular flexibility index (Phi) is 11.9. The van der Waals surface area contributed by atoms with Gasteiger partial charge in [0.1, 0.15) is 0 Å². The Balaban J connectivity index is 1.23. The summed E-state index contributed by atoms with van der Waals surface area (Å²) in [5.41, 5.74) is 3.02. The maximum absolute atomic E-state index is 8.51. The van der Waals surface area contributed by atoms with Crippen LogP contribution in [0.3, 0.4) is 0 Å². The zero-order chi connectivity index (χ0) is 23.1. The average Bonchev–Trinajstić information content (AvgIpc) is 2.86. The molecule has 0 bridgehead atoms. The Hall–Kier alpha value is -1.81. The number of benzene rings is 1. The third-order valence-corrected chi connectivity index (χ3v) is 8.50. The van der Waals surface area contributed by atoms with Crippen LogP contribution in [0.5, 0.6) is 0 Å². The van der Waals surface area contributed by atoms with Crippen molar-refractivity contribution in [3.63, 3.8) is 0 Å². The van der Waals surface area contributed by atoms with Crippen molar-refractivity contribution < 1.29 is 0 Å². The number of rotatable bonds is 12. The molecule has 2 fully saturated rings. The van der Waals surface area contributed by atoms with Crippen molar-refractivity contribution in [1.82, 2.24) is 0 Å². The van der Waals surface area contributed by atoms with E-state index in [1.165, 1.54) is 114 Å². The lowest BCUT2D eigenvalue weighted by Crippen LogP contribution is -2.25. The van der Waals surface area contributed by atoms with E-state index in [-0.39, 0.29) is 0 Å². The molecule has 33 heavy (non-hydrogen) atoms. The van der Waals surface area contributed by atoms with Gasteiger partial charge in [-0.3, -0.25) is 0 Å². The van der Waals surface area contributed by atoms with Gasteiger partial charge in [-0.25, -0.2) is 0 Å². The van der Waals surface area contributed by atoms with Gasteiger partial charge < -0.3 is 0 Å². The van der Waals surface area contributed by atoms with Crippen LogP contribution in [0.1, 0.15) is 108 Å². The molecule has 0 amide bonds. The van der Waals surface area contributed by atoms with Crippen LogP contribution in [0.15, 0.2) is 48.6 Å². The van der Waals surface area contributed by atoms with Crippen molar-refractivity contribution in [2.75, 3.05) is 0 Å². The first-order chi connectivity index (χ1) is 16.3. The van der Waals surface area contributed by atoms with E-state index in [0.717, 1.165) is 23.7 Å². The van der Waals surface area contributed by atoms with E-state index >= 15 is 0 Å². The number of nitriles is 1. The smallest absolute Gasteiger partial charge is 0.0912 e. The van der Waals surface area contributed by atoms with E-state index < -0.39 is 0 Å². The van der Waals surface area contributed by atoms with Crippen LogP contribution in [0.2, 0.25) is 0 Å². The van der Waals surface area contributed by atoms with E-state index in [2.05, 4.69) is 37.3 Å². The number of hydrogen-bond donors (Lipinski definition) is 0. The second-order valence-corrected chi connectivity index (χ2v) is 10.9. The van der Waals surface area contributed by atoms with E-state index in [1.54, 1.807) is 6.08 Å². The molecule has 0 unspecified atom stereocenters. The average molecular weight is 446 g/mol. The van der Waals surface area contributed by atoms with Gasteiger partial charge >= 0.3 is 0 Å². The molecule has 1 aromatic rings. The van der Waals surface area contributed by atoms with Gasteiger partial charge in [0.25, 0.3) is 0 Å². The topological polar surface area (TPSA) is 23.8 Å². The molecule has 0 spiro atoms. The Bertz CT molecular complexity index is 734. The van der Waals surface area contributed by atoms with Crippen LogP contribution in [-0.4, -0.2) is 0 Å². The second-order valence-electron chi connectivity index (χ2n) is 10.9. The summed E-state index contributed by atoms with van der Waals surface area (Å²) >= 11 is 0. The summed E-state index contributed by atoms with van der Waals surface area (Å²) in [5.74, 6) is 3.99. The molecule has 0 atom stereocenters. The van der Waals surface area contributed by atoms with Crippen molar-refractivity contribution >= 4 is 0 Å². The van der Waals surface area contributed by atoms with Gasteiger partial charge in [-0.15, -0.1) is 0 Å². The molecule has 1 nitrogen and oxygen atoms in total. The van der Waals surface area contributed by atoms with Crippen molar-refractivity contribution in [3.8, 4) is 6.07 Å². The van der Waals surface area contributed by atoms with E-state index in [4.69, 9.17) is 5.26 Å².